The standard InChI is InChI=1S/C30H28N2O4S/c1-18(2)14-15-36-22-11-7-10-21(17-22)26-25(27(33)20-8-5-4-6-9-20)28(34)29(35)32(26)30-31-23-13-12-19(3)16-24(23)37-30/h4-13,16-18,26,33H,14-15H2,1-3H3/b27-25+. The average molecular weight is 513 g/mol. The van der Waals surface area contributed by atoms with E-state index in [1.165, 1.54) is 16.2 Å². The number of nitrogens with zero attached hydrogens (tertiary/aromatic N) is 2. The first-order valence-electron chi connectivity index (χ1n) is 12.3. The van der Waals surface area contributed by atoms with E-state index in [4.69, 9.17) is 9.72 Å². The number of carbonyl (C=O) groups excluding carboxylic acids is 2. The Bertz CT molecular complexity index is 1510. The number of anilines is 1. The number of thiazole rings is 1. The number of amides is 1. The molecule has 1 fully saturated rings. The summed E-state index contributed by atoms with van der Waals surface area (Å²) in [4.78, 5) is 33.0. The minimum Gasteiger partial charge on any atom is -0.507 e. The van der Waals surface area contributed by atoms with Crippen LogP contribution in [-0.2, 0) is 9.59 Å². The van der Waals surface area contributed by atoms with E-state index in [1.54, 1.807) is 24.3 Å². The number of carbonyl (C=O) groups is 2. The summed E-state index contributed by atoms with van der Waals surface area (Å²) in [7, 11) is 0. The van der Waals surface area contributed by atoms with Crippen LogP contribution in [-0.4, -0.2) is 28.4 Å². The normalized spacial score (nSPS) is 17.2. The first-order valence-corrected chi connectivity index (χ1v) is 13.1. The van der Waals surface area contributed by atoms with Gasteiger partial charge in [0.15, 0.2) is 5.13 Å². The van der Waals surface area contributed by atoms with Crippen molar-refractivity contribution in [1.29, 1.82) is 0 Å². The maximum atomic E-state index is 13.5. The number of hydrogen-bond donors (Lipinski definition) is 1. The number of aliphatic hydroxyl groups is 1. The van der Waals surface area contributed by atoms with Crippen molar-refractivity contribution in [3.8, 4) is 5.75 Å². The molecule has 4 aromatic rings. The highest BCUT2D eigenvalue weighted by Gasteiger charge is 2.48. The number of Topliss-reactive ketones (excluding diaryl/α,β-unsaturated/α-hetero) is 1. The maximum Gasteiger partial charge on any atom is 0.301 e. The predicted molar refractivity (Wildman–Crippen MR) is 147 cm³/mol. The SMILES string of the molecule is Cc1ccc2nc(N3C(=O)C(=O)/C(=C(/O)c4ccccc4)C3c3cccc(OCCC(C)C)c3)sc2c1. The van der Waals surface area contributed by atoms with Crippen LogP contribution in [0.2, 0.25) is 0 Å². The summed E-state index contributed by atoms with van der Waals surface area (Å²) in [6.07, 6.45) is 0.905. The smallest absolute Gasteiger partial charge is 0.301 e. The Labute approximate surface area is 219 Å². The number of benzene rings is 3. The zero-order valence-corrected chi connectivity index (χ0v) is 21.8. The van der Waals surface area contributed by atoms with Crippen molar-refractivity contribution in [2.24, 2.45) is 5.92 Å². The van der Waals surface area contributed by atoms with Crippen molar-refractivity contribution < 1.29 is 19.4 Å². The van der Waals surface area contributed by atoms with E-state index >= 15 is 0 Å². The number of hydrogen-bond acceptors (Lipinski definition) is 6. The lowest BCUT2D eigenvalue weighted by molar-refractivity contribution is -0.132. The van der Waals surface area contributed by atoms with Crippen molar-refractivity contribution in [2.75, 3.05) is 11.5 Å². The number of ether oxygens (including phenoxy) is 1. The van der Waals surface area contributed by atoms with Crippen molar-refractivity contribution >= 4 is 44.1 Å². The van der Waals surface area contributed by atoms with Crippen molar-refractivity contribution in [3.05, 3.63) is 95.1 Å². The van der Waals surface area contributed by atoms with Gasteiger partial charge in [-0.3, -0.25) is 14.5 Å². The van der Waals surface area contributed by atoms with E-state index in [0.29, 0.717) is 34.5 Å². The van der Waals surface area contributed by atoms with E-state index in [9.17, 15) is 14.7 Å². The second-order valence-corrected chi connectivity index (χ2v) is 10.6. The maximum absolute atomic E-state index is 13.5. The molecule has 0 aliphatic carbocycles. The lowest BCUT2D eigenvalue weighted by Gasteiger charge is -2.23. The Balaban J connectivity index is 1.65. The second-order valence-electron chi connectivity index (χ2n) is 9.61. The summed E-state index contributed by atoms with van der Waals surface area (Å²) in [5.74, 6) is -0.529. The van der Waals surface area contributed by atoms with Gasteiger partial charge in [-0.2, -0.15) is 0 Å². The molecule has 0 spiro atoms. The molecule has 0 saturated carbocycles. The molecule has 1 atom stereocenters. The van der Waals surface area contributed by atoms with E-state index in [1.807, 2.05) is 55.5 Å². The van der Waals surface area contributed by atoms with Gasteiger partial charge in [-0.1, -0.05) is 73.7 Å². The first-order chi connectivity index (χ1) is 17.8. The quantitative estimate of drug-likeness (QED) is 0.170. The van der Waals surface area contributed by atoms with E-state index in [-0.39, 0.29) is 11.3 Å². The molecular weight excluding hydrogens is 484 g/mol. The fourth-order valence-electron chi connectivity index (χ4n) is 4.41. The van der Waals surface area contributed by atoms with Crippen LogP contribution < -0.4 is 9.64 Å². The molecule has 0 radical (unpaired) electrons. The van der Waals surface area contributed by atoms with E-state index in [2.05, 4.69) is 13.8 Å². The molecule has 5 rings (SSSR count). The number of aromatic nitrogens is 1. The van der Waals surface area contributed by atoms with E-state index < -0.39 is 17.7 Å². The number of ketones is 1. The van der Waals surface area contributed by atoms with Gasteiger partial charge >= 0.3 is 5.91 Å². The van der Waals surface area contributed by atoms with Crippen LogP contribution in [0.15, 0.2) is 78.4 Å². The van der Waals surface area contributed by atoms with Crippen LogP contribution >= 0.6 is 11.3 Å². The van der Waals surface area contributed by atoms with Crippen molar-refractivity contribution in [3.63, 3.8) is 0 Å². The third kappa shape index (κ3) is 4.87. The zero-order valence-electron chi connectivity index (χ0n) is 21.0. The molecule has 37 heavy (non-hydrogen) atoms. The molecule has 1 aliphatic rings. The van der Waals surface area contributed by atoms with Gasteiger partial charge in [-0.05, 0) is 54.7 Å². The lowest BCUT2D eigenvalue weighted by atomic mass is 9.95. The topological polar surface area (TPSA) is 79.7 Å². The molecule has 7 heteroatoms. The molecule has 1 unspecified atom stereocenters. The van der Waals surface area contributed by atoms with Gasteiger partial charge in [0.2, 0.25) is 0 Å². The molecule has 6 nitrogen and oxygen atoms in total. The molecule has 1 N–H and O–H groups in total. The van der Waals surface area contributed by atoms with Gasteiger partial charge in [0.1, 0.15) is 11.5 Å². The minimum absolute atomic E-state index is 0.0333. The van der Waals surface area contributed by atoms with Crippen LogP contribution in [0.3, 0.4) is 0 Å². The van der Waals surface area contributed by atoms with Crippen LogP contribution in [0.5, 0.6) is 5.75 Å². The summed E-state index contributed by atoms with van der Waals surface area (Å²) in [6, 6.07) is 21.2. The minimum atomic E-state index is -0.851. The number of aryl methyl sites for hydroxylation is 1. The first kappa shape index (κ1) is 24.7. The van der Waals surface area contributed by atoms with Gasteiger partial charge in [0, 0.05) is 5.56 Å². The monoisotopic (exact) mass is 512 g/mol. The largest absolute Gasteiger partial charge is 0.507 e. The summed E-state index contributed by atoms with van der Waals surface area (Å²) in [6.45, 7) is 6.82. The summed E-state index contributed by atoms with van der Waals surface area (Å²) in [5, 5.41) is 11.7. The molecule has 188 valence electrons. The molecule has 1 aliphatic heterocycles. The van der Waals surface area contributed by atoms with Gasteiger partial charge in [0.25, 0.3) is 5.78 Å². The fourth-order valence-corrected chi connectivity index (χ4v) is 5.50. The van der Waals surface area contributed by atoms with Crippen molar-refractivity contribution in [1.82, 2.24) is 4.98 Å². The van der Waals surface area contributed by atoms with E-state index in [0.717, 1.165) is 22.2 Å². The number of rotatable bonds is 7. The van der Waals surface area contributed by atoms with Crippen LogP contribution in [0, 0.1) is 12.8 Å². The van der Waals surface area contributed by atoms with Gasteiger partial charge in [0.05, 0.1) is 28.4 Å². The lowest BCUT2D eigenvalue weighted by Crippen LogP contribution is -2.29. The van der Waals surface area contributed by atoms with Crippen LogP contribution in [0.4, 0.5) is 5.13 Å². The Kier molecular flexibility index (Phi) is 6.80. The highest BCUT2D eigenvalue weighted by Crippen LogP contribution is 2.44. The summed E-state index contributed by atoms with van der Waals surface area (Å²) < 4.78 is 6.89. The molecule has 1 saturated heterocycles. The molecule has 0 bridgehead atoms. The Morgan fingerprint density at radius 2 is 1.84 bits per heavy atom. The molecule has 2 heterocycles. The Morgan fingerprint density at radius 1 is 1.05 bits per heavy atom. The second kappa shape index (κ2) is 10.2. The Morgan fingerprint density at radius 3 is 2.59 bits per heavy atom. The number of fused-ring (bicyclic) bond motifs is 1. The third-order valence-electron chi connectivity index (χ3n) is 6.37. The van der Waals surface area contributed by atoms with Gasteiger partial charge in [-0.25, -0.2) is 4.98 Å². The Hall–Kier alpha value is -3.97. The number of aliphatic hydroxyl groups excluding tert-OH is 1. The molecule has 1 aromatic heterocycles. The molecule has 3 aromatic carbocycles. The highest BCUT2D eigenvalue weighted by atomic mass is 32.1. The highest BCUT2D eigenvalue weighted by molar-refractivity contribution is 7.22. The third-order valence-corrected chi connectivity index (χ3v) is 7.39. The zero-order chi connectivity index (χ0) is 26.1. The summed E-state index contributed by atoms with van der Waals surface area (Å²) in [5.41, 5.74) is 2.99. The fraction of sp³-hybridized carbons (Fsp3) is 0.233. The predicted octanol–water partition coefficient (Wildman–Crippen LogP) is 6.66. The summed E-state index contributed by atoms with van der Waals surface area (Å²) >= 11 is 1.35. The van der Waals surface area contributed by atoms with Crippen molar-refractivity contribution in [2.45, 2.75) is 33.2 Å². The van der Waals surface area contributed by atoms with Gasteiger partial charge < -0.3 is 9.84 Å². The van der Waals surface area contributed by atoms with Crippen LogP contribution in [0.1, 0.15) is 43.0 Å². The van der Waals surface area contributed by atoms with Gasteiger partial charge in [-0.15, -0.1) is 0 Å². The average Bonchev–Trinajstić information content (AvgIpc) is 3.41. The molecular formula is C30H28N2O4S. The van der Waals surface area contributed by atoms with Crippen LogP contribution in [0.25, 0.3) is 16.0 Å². The molecule has 1 amide bonds.